The zero-order valence-electron chi connectivity index (χ0n) is 12.6. The normalized spacial score (nSPS) is 12.5. The maximum atomic E-state index is 11.6. The summed E-state index contributed by atoms with van der Waals surface area (Å²) >= 11 is 0. The molecule has 0 bridgehead atoms. The molecule has 1 aromatic heterocycles. The number of nitrogens with zero attached hydrogens (tertiary/aromatic N) is 2. The fourth-order valence-electron chi connectivity index (χ4n) is 2.61. The van der Waals surface area contributed by atoms with Gasteiger partial charge in [-0.2, -0.15) is 16.8 Å². The minimum Gasteiger partial charge on any atom is -0.441 e. The maximum absolute atomic E-state index is 11.6. The van der Waals surface area contributed by atoms with Crippen LogP contribution in [-0.4, -0.2) is 35.8 Å². The van der Waals surface area contributed by atoms with Crippen molar-refractivity contribution in [1.29, 1.82) is 0 Å². The molecule has 142 valence electrons. The third-order valence-corrected chi connectivity index (χ3v) is 5.39. The largest absolute Gasteiger partial charge is 0.441 e. The molecule has 15 heteroatoms. The van der Waals surface area contributed by atoms with E-state index in [0.29, 0.717) is 24.3 Å². The Morgan fingerprint density at radius 3 is 1.33 bits per heavy atom. The average molecular weight is 418 g/mol. The van der Waals surface area contributed by atoms with Gasteiger partial charge in [-0.1, -0.05) is 0 Å². The highest BCUT2D eigenvalue weighted by Gasteiger charge is 2.33. The first-order chi connectivity index (χ1) is 12.3. The molecule has 0 atom stereocenters. The third-order valence-electron chi connectivity index (χ3n) is 3.60. The van der Waals surface area contributed by atoms with Gasteiger partial charge in [-0.05, 0) is 12.1 Å². The number of nitro benzene ring substituents is 2. The minimum absolute atomic E-state index is 0.608. The summed E-state index contributed by atoms with van der Waals surface area (Å²) in [5.41, 5.74) is -3.35. The van der Waals surface area contributed by atoms with E-state index >= 15 is 0 Å². The van der Waals surface area contributed by atoms with Crippen LogP contribution in [0.15, 0.2) is 38.5 Å². The van der Waals surface area contributed by atoms with Gasteiger partial charge in [-0.15, -0.1) is 0 Å². The van der Waals surface area contributed by atoms with Gasteiger partial charge < -0.3 is 4.42 Å². The van der Waals surface area contributed by atoms with Gasteiger partial charge in [0.25, 0.3) is 20.2 Å². The predicted octanol–water partition coefficient (Wildman–Crippen LogP) is 1.90. The molecule has 0 spiro atoms. The first-order valence-electron chi connectivity index (χ1n) is 6.60. The van der Waals surface area contributed by atoms with E-state index < -0.39 is 73.2 Å². The summed E-state index contributed by atoms with van der Waals surface area (Å²) < 4.78 is 70.4. The summed E-state index contributed by atoms with van der Waals surface area (Å²) in [6.07, 6.45) is 0. The lowest BCUT2D eigenvalue weighted by Gasteiger charge is -2.03. The summed E-state index contributed by atoms with van der Waals surface area (Å²) in [4.78, 5) is 18.4. The molecule has 1 heterocycles. The van der Waals surface area contributed by atoms with Crippen molar-refractivity contribution >= 4 is 53.5 Å². The van der Waals surface area contributed by atoms with Gasteiger partial charge in [-0.25, -0.2) is 0 Å². The predicted molar refractivity (Wildman–Crippen MR) is 86.7 cm³/mol. The quantitative estimate of drug-likeness (QED) is 0.355. The number of hydrogen-bond acceptors (Lipinski definition) is 9. The van der Waals surface area contributed by atoms with Crippen molar-refractivity contribution in [2.45, 2.75) is 9.79 Å². The molecule has 0 aliphatic carbocycles. The Balaban J connectivity index is 2.79. The van der Waals surface area contributed by atoms with Gasteiger partial charge in [0.2, 0.25) is 11.2 Å². The maximum Gasteiger partial charge on any atom is 0.312 e. The summed E-state index contributed by atoms with van der Waals surface area (Å²) in [6.45, 7) is 0. The van der Waals surface area contributed by atoms with E-state index in [0.717, 1.165) is 0 Å². The Hall–Kier alpha value is -3.14. The second-order valence-corrected chi connectivity index (χ2v) is 7.92. The Bertz CT molecular complexity index is 1270. The van der Waals surface area contributed by atoms with Crippen molar-refractivity contribution in [1.82, 2.24) is 0 Å². The molecule has 0 fully saturated rings. The SMILES string of the molecule is O=[N+]([O-])c1ccc(S(=O)(=O)O)c2c1oc1c([N+](=O)[O-])ccc(S(=O)(=O)O)c12. The smallest absolute Gasteiger partial charge is 0.312 e. The Morgan fingerprint density at radius 1 is 0.741 bits per heavy atom. The van der Waals surface area contributed by atoms with Crippen LogP contribution in [0.4, 0.5) is 11.4 Å². The van der Waals surface area contributed by atoms with Crippen LogP contribution in [0.25, 0.3) is 21.9 Å². The summed E-state index contributed by atoms with van der Waals surface area (Å²) in [5, 5.41) is 20.8. The van der Waals surface area contributed by atoms with Crippen LogP contribution >= 0.6 is 0 Å². The molecule has 2 aromatic carbocycles. The van der Waals surface area contributed by atoms with E-state index in [1.54, 1.807) is 0 Å². The first-order valence-corrected chi connectivity index (χ1v) is 9.48. The molecular formula is C12H6N2O11S2. The minimum atomic E-state index is -5.06. The zero-order chi connectivity index (χ0) is 20.3. The lowest BCUT2D eigenvalue weighted by atomic mass is 10.1. The fraction of sp³-hybridized carbons (Fsp3) is 0. The molecule has 0 amide bonds. The lowest BCUT2D eigenvalue weighted by Crippen LogP contribution is -2.02. The average Bonchev–Trinajstić information content (AvgIpc) is 2.90. The molecule has 2 N–H and O–H groups in total. The van der Waals surface area contributed by atoms with Crippen LogP contribution in [0.1, 0.15) is 0 Å². The number of benzene rings is 2. The van der Waals surface area contributed by atoms with E-state index in [-0.39, 0.29) is 0 Å². The fourth-order valence-corrected chi connectivity index (χ4v) is 3.99. The molecule has 0 unspecified atom stereocenters. The van der Waals surface area contributed by atoms with E-state index in [1.807, 2.05) is 0 Å². The third kappa shape index (κ3) is 2.87. The van der Waals surface area contributed by atoms with Crippen molar-refractivity contribution in [2.75, 3.05) is 0 Å². The molecule has 0 aliphatic rings. The number of nitro groups is 2. The molecule has 0 radical (unpaired) electrons. The highest BCUT2D eigenvalue weighted by atomic mass is 32.2. The molecule has 3 aromatic rings. The molecular weight excluding hydrogens is 412 g/mol. The van der Waals surface area contributed by atoms with Crippen molar-refractivity contribution in [3.05, 3.63) is 44.5 Å². The van der Waals surface area contributed by atoms with Crippen LogP contribution in [-0.2, 0) is 20.2 Å². The number of non-ortho nitro benzene ring substituents is 2. The molecule has 3 rings (SSSR count). The van der Waals surface area contributed by atoms with Crippen molar-refractivity contribution < 1.29 is 40.2 Å². The first kappa shape index (κ1) is 18.6. The van der Waals surface area contributed by atoms with Crippen LogP contribution < -0.4 is 0 Å². The molecule has 0 aliphatic heterocycles. The Kier molecular flexibility index (Phi) is 3.92. The summed E-state index contributed by atoms with van der Waals surface area (Å²) in [6, 6.07) is 2.54. The van der Waals surface area contributed by atoms with Gasteiger partial charge in [-0.3, -0.25) is 29.3 Å². The number of furan rings is 1. The van der Waals surface area contributed by atoms with Crippen LogP contribution in [0, 0.1) is 20.2 Å². The van der Waals surface area contributed by atoms with E-state index in [1.165, 1.54) is 0 Å². The summed E-state index contributed by atoms with van der Waals surface area (Å²) in [5.74, 6) is 0. The molecule has 27 heavy (non-hydrogen) atoms. The van der Waals surface area contributed by atoms with Crippen LogP contribution in [0.3, 0.4) is 0 Å². The monoisotopic (exact) mass is 418 g/mol. The highest BCUT2D eigenvalue weighted by molar-refractivity contribution is 7.86. The van der Waals surface area contributed by atoms with Gasteiger partial charge >= 0.3 is 11.4 Å². The standard InChI is InChI=1S/C12H6N2O11S2/c15-13(16)5-1-3-7(26(19,20)21)9-10-8(27(22,23)24)4-2-6(14(17)18)12(10)25-11(5)9/h1-4H,(H,19,20,21)(H,22,23,24). The van der Waals surface area contributed by atoms with Crippen LogP contribution in [0.5, 0.6) is 0 Å². The van der Waals surface area contributed by atoms with Gasteiger partial charge in [0.1, 0.15) is 9.79 Å². The van der Waals surface area contributed by atoms with Crippen molar-refractivity contribution in [3.8, 4) is 0 Å². The topological polar surface area (TPSA) is 208 Å². The molecule has 0 saturated carbocycles. The molecule has 0 saturated heterocycles. The summed E-state index contributed by atoms with van der Waals surface area (Å²) in [7, 11) is -10.1. The second-order valence-electron chi connectivity index (χ2n) is 5.14. The van der Waals surface area contributed by atoms with E-state index in [9.17, 15) is 46.2 Å². The number of fused-ring (bicyclic) bond motifs is 3. The highest BCUT2D eigenvalue weighted by Crippen LogP contribution is 2.44. The Labute approximate surface area is 148 Å². The lowest BCUT2D eigenvalue weighted by molar-refractivity contribution is -0.384. The zero-order valence-corrected chi connectivity index (χ0v) is 14.2. The molecule has 13 nitrogen and oxygen atoms in total. The Morgan fingerprint density at radius 2 is 1.07 bits per heavy atom. The van der Waals surface area contributed by atoms with Crippen molar-refractivity contribution in [2.24, 2.45) is 0 Å². The number of rotatable bonds is 4. The van der Waals surface area contributed by atoms with E-state index in [2.05, 4.69) is 0 Å². The van der Waals surface area contributed by atoms with Crippen molar-refractivity contribution in [3.63, 3.8) is 0 Å². The van der Waals surface area contributed by atoms with Gasteiger partial charge in [0, 0.05) is 12.1 Å². The number of hydrogen-bond donors (Lipinski definition) is 2. The second kappa shape index (κ2) is 5.68. The van der Waals surface area contributed by atoms with Crippen LogP contribution in [0.2, 0.25) is 0 Å². The van der Waals surface area contributed by atoms with Gasteiger partial charge in [0.05, 0.1) is 20.6 Å². The van der Waals surface area contributed by atoms with Gasteiger partial charge in [0.15, 0.2) is 0 Å². The van der Waals surface area contributed by atoms with E-state index in [4.69, 9.17) is 4.42 Å².